The maximum atomic E-state index is 13.6. The van der Waals surface area contributed by atoms with E-state index in [1.165, 1.54) is 37.9 Å². The Morgan fingerprint density at radius 3 is 2.73 bits per heavy atom. The van der Waals surface area contributed by atoms with E-state index in [0.717, 1.165) is 34.3 Å². The van der Waals surface area contributed by atoms with Gasteiger partial charge in [-0.15, -0.1) is 0 Å². The summed E-state index contributed by atoms with van der Waals surface area (Å²) in [5.74, 6) is 2.67. The summed E-state index contributed by atoms with van der Waals surface area (Å²) < 4.78 is 13.6. The van der Waals surface area contributed by atoms with Gasteiger partial charge in [0.15, 0.2) is 0 Å². The first kappa shape index (κ1) is 15.7. The zero-order valence-electron chi connectivity index (χ0n) is 14.7. The van der Waals surface area contributed by atoms with Gasteiger partial charge >= 0.3 is 0 Å². The number of pyridine rings is 1. The fraction of sp³-hybridized carbons (Fsp3) is 0.450. The van der Waals surface area contributed by atoms with E-state index in [1.807, 2.05) is 6.20 Å². The molecule has 3 heterocycles. The highest BCUT2D eigenvalue weighted by Crippen LogP contribution is 2.45. The maximum Gasteiger partial charge on any atom is 0.145 e. The molecule has 2 bridgehead atoms. The standard InChI is InChI=1S/C20H22FN5/c1-11-12-2-4-13(5-3-12)19(11)26-18-10-22-9-17(25-18)16-8-24-20-15(16)6-14(21)7-23-20/h6-13,19H,2-5H2,1H3,(H,23,24)(H,25,26)/t11?,12?,13?,19-/m1/s1. The second-order valence-electron chi connectivity index (χ2n) is 7.75. The Bertz CT molecular complexity index is 942. The van der Waals surface area contributed by atoms with Gasteiger partial charge in [-0.3, -0.25) is 4.98 Å². The number of H-pyrrole nitrogens is 1. The van der Waals surface area contributed by atoms with Gasteiger partial charge in [0.1, 0.15) is 17.3 Å². The highest BCUT2D eigenvalue weighted by Gasteiger charge is 2.41. The molecule has 0 aromatic carbocycles. The maximum absolute atomic E-state index is 13.6. The van der Waals surface area contributed by atoms with Crippen LogP contribution >= 0.6 is 0 Å². The minimum absolute atomic E-state index is 0.354. The lowest BCUT2D eigenvalue weighted by Crippen LogP contribution is -2.47. The molecule has 2 N–H and O–H groups in total. The molecule has 3 saturated carbocycles. The van der Waals surface area contributed by atoms with E-state index in [-0.39, 0.29) is 5.82 Å². The summed E-state index contributed by atoms with van der Waals surface area (Å²) in [5.41, 5.74) is 2.20. The minimum atomic E-state index is -0.354. The summed E-state index contributed by atoms with van der Waals surface area (Å²) in [6.45, 7) is 2.36. The smallest absolute Gasteiger partial charge is 0.145 e. The van der Waals surface area contributed by atoms with Crippen LogP contribution in [-0.4, -0.2) is 26.0 Å². The number of rotatable bonds is 3. The Labute approximate surface area is 151 Å². The number of hydrogen-bond donors (Lipinski definition) is 2. The molecule has 3 aromatic rings. The lowest BCUT2D eigenvalue weighted by atomic mass is 9.62. The van der Waals surface area contributed by atoms with Gasteiger partial charge in [-0.1, -0.05) is 6.92 Å². The van der Waals surface area contributed by atoms with E-state index in [1.54, 1.807) is 12.4 Å². The van der Waals surface area contributed by atoms with E-state index < -0.39 is 0 Å². The largest absolute Gasteiger partial charge is 0.365 e. The van der Waals surface area contributed by atoms with Crippen LogP contribution in [0.15, 0.2) is 30.9 Å². The van der Waals surface area contributed by atoms with Crippen LogP contribution in [0.1, 0.15) is 32.6 Å². The predicted molar refractivity (Wildman–Crippen MR) is 99.1 cm³/mol. The molecule has 26 heavy (non-hydrogen) atoms. The van der Waals surface area contributed by atoms with Crippen molar-refractivity contribution in [3.63, 3.8) is 0 Å². The highest BCUT2D eigenvalue weighted by atomic mass is 19.1. The van der Waals surface area contributed by atoms with E-state index in [2.05, 4.69) is 27.2 Å². The van der Waals surface area contributed by atoms with Crippen LogP contribution in [0, 0.1) is 23.6 Å². The van der Waals surface area contributed by atoms with Crippen molar-refractivity contribution in [3.05, 3.63) is 36.7 Å². The fourth-order valence-corrected chi connectivity index (χ4v) is 4.93. The summed E-state index contributed by atoms with van der Waals surface area (Å²) in [4.78, 5) is 16.3. The summed E-state index contributed by atoms with van der Waals surface area (Å²) >= 11 is 0. The molecule has 134 valence electrons. The third kappa shape index (κ3) is 2.55. The first-order chi connectivity index (χ1) is 12.7. The molecule has 3 fully saturated rings. The molecule has 0 saturated heterocycles. The molecular weight excluding hydrogens is 329 g/mol. The molecule has 0 spiro atoms. The Morgan fingerprint density at radius 2 is 1.92 bits per heavy atom. The average molecular weight is 351 g/mol. The van der Waals surface area contributed by atoms with E-state index in [4.69, 9.17) is 4.98 Å². The number of nitrogens with one attached hydrogen (secondary N) is 2. The zero-order valence-corrected chi connectivity index (χ0v) is 14.7. The Balaban J connectivity index is 1.46. The van der Waals surface area contributed by atoms with Gasteiger partial charge in [0, 0.05) is 23.2 Å². The quantitative estimate of drug-likeness (QED) is 0.734. The lowest BCUT2D eigenvalue weighted by Gasteiger charge is -2.47. The Kier molecular flexibility index (Phi) is 3.65. The van der Waals surface area contributed by atoms with Crippen LogP contribution in [0.2, 0.25) is 0 Å². The topological polar surface area (TPSA) is 66.5 Å². The molecular formula is C20H22FN5. The number of fused-ring (bicyclic) bond motifs is 4. The zero-order chi connectivity index (χ0) is 17.7. The predicted octanol–water partition coefficient (Wildman–Crippen LogP) is 4.40. The molecule has 2 atom stereocenters. The van der Waals surface area contributed by atoms with E-state index in [9.17, 15) is 4.39 Å². The van der Waals surface area contributed by atoms with Gasteiger partial charge in [-0.05, 0) is 49.5 Å². The summed E-state index contributed by atoms with van der Waals surface area (Å²) in [6, 6.07) is 1.95. The van der Waals surface area contributed by atoms with Crippen molar-refractivity contribution in [2.75, 3.05) is 5.32 Å². The molecule has 5 nitrogen and oxygen atoms in total. The van der Waals surface area contributed by atoms with E-state index >= 15 is 0 Å². The number of aromatic nitrogens is 4. The highest BCUT2D eigenvalue weighted by molar-refractivity contribution is 5.92. The van der Waals surface area contributed by atoms with Crippen LogP contribution in [-0.2, 0) is 0 Å². The first-order valence-corrected chi connectivity index (χ1v) is 9.40. The average Bonchev–Trinajstić information content (AvgIpc) is 3.08. The number of nitrogens with zero attached hydrogens (tertiary/aromatic N) is 3. The van der Waals surface area contributed by atoms with Crippen molar-refractivity contribution in [2.45, 2.75) is 38.6 Å². The van der Waals surface area contributed by atoms with Crippen LogP contribution in [0.3, 0.4) is 0 Å². The van der Waals surface area contributed by atoms with Gasteiger partial charge < -0.3 is 10.3 Å². The Hall–Kier alpha value is -2.50. The van der Waals surface area contributed by atoms with Crippen molar-refractivity contribution < 1.29 is 4.39 Å². The summed E-state index contributed by atoms with van der Waals surface area (Å²) in [5, 5.41) is 4.37. The molecule has 0 radical (unpaired) electrons. The van der Waals surface area contributed by atoms with Crippen LogP contribution in [0.4, 0.5) is 10.2 Å². The van der Waals surface area contributed by atoms with Crippen molar-refractivity contribution in [1.82, 2.24) is 19.9 Å². The first-order valence-electron chi connectivity index (χ1n) is 9.40. The van der Waals surface area contributed by atoms with Crippen molar-refractivity contribution in [3.8, 4) is 11.3 Å². The number of aromatic amines is 1. The Morgan fingerprint density at radius 1 is 1.12 bits per heavy atom. The van der Waals surface area contributed by atoms with Crippen molar-refractivity contribution in [1.29, 1.82) is 0 Å². The van der Waals surface area contributed by atoms with Gasteiger partial charge in [0.2, 0.25) is 0 Å². The molecule has 1 unspecified atom stereocenters. The third-order valence-corrected chi connectivity index (χ3v) is 6.36. The second-order valence-corrected chi connectivity index (χ2v) is 7.75. The second kappa shape index (κ2) is 6.04. The third-order valence-electron chi connectivity index (χ3n) is 6.36. The molecule has 0 amide bonds. The molecule has 0 aliphatic heterocycles. The number of halogens is 1. The normalized spacial score (nSPS) is 27.8. The van der Waals surface area contributed by atoms with Crippen LogP contribution in [0.25, 0.3) is 22.3 Å². The summed E-state index contributed by atoms with van der Waals surface area (Å²) in [6.07, 6.45) is 11.9. The lowest BCUT2D eigenvalue weighted by molar-refractivity contribution is 0.0928. The van der Waals surface area contributed by atoms with Crippen molar-refractivity contribution >= 4 is 16.9 Å². The summed E-state index contributed by atoms with van der Waals surface area (Å²) in [7, 11) is 0. The van der Waals surface area contributed by atoms with Gasteiger partial charge in [-0.25, -0.2) is 14.4 Å². The molecule has 6 heteroatoms. The van der Waals surface area contributed by atoms with Gasteiger partial charge in [-0.2, -0.15) is 0 Å². The number of anilines is 1. The van der Waals surface area contributed by atoms with Gasteiger partial charge in [0.05, 0.1) is 24.3 Å². The molecule has 3 aliphatic rings. The molecule has 6 rings (SSSR count). The minimum Gasteiger partial charge on any atom is -0.365 e. The molecule has 3 aromatic heterocycles. The van der Waals surface area contributed by atoms with Crippen LogP contribution in [0.5, 0.6) is 0 Å². The van der Waals surface area contributed by atoms with Crippen LogP contribution < -0.4 is 5.32 Å². The number of hydrogen-bond acceptors (Lipinski definition) is 4. The molecule has 3 aliphatic carbocycles. The fourth-order valence-electron chi connectivity index (χ4n) is 4.93. The van der Waals surface area contributed by atoms with E-state index in [0.29, 0.717) is 17.6 Å². The monoisotopic (exact) mass is 351 g/mol. The van der Waals surface area contributed by atoms with Crippen molar-refractivity contribution in [2.24, 2.45) is 17.8 Å². The SMILES string of the molecule is CC1C2CCC(CC2)[C@@H]1Nc1cncc(-c2c[nH]c3ncc(F)cc23)n1. The van der Waals surface area contributed by atoms with Gasteiger partial charge in [0.25, 0.3) is 0 Å².